The average molecular weight is 1090 g/mol. The van der Waals surface area contributed by atoms with Crippen molar-refractivity contribution in [2.45, 2.75) is 51.5 Å². The molecule has 0 aliphatic carbocycles. The number of carbonyl (C=O) groups is 2. The molecule has 10 rings (SSSR count). The molecule has 14 nitrogen and oxygen atoms in total. The summed E-state index contributed by atoms with van der Waals surface area (Å²) in [6, 6.07) is 26.0. The maximum atomic E-state index is 13.5. The zero-order valence-electron chi connectivity index (χ0n) is 42.1. The minimum Gasteiger partial charge on any atom is -0.484 e. The van der Waals surface area contributed by atoms with Crippen LogP contribution in [-0.4, -0.2) is 117 Å². The number of aromatic nitrogens is 4. The fourth-order valence-electron chi connectivity index (χ4n) is 9.39. The number of benzene rings is 4. The Labute approximate surface area is 442 Å². The van der Waals surface area contributed by atoms with Crippen LogP contribution in [0, 0.1) is 0 Å². The van der Waals surface area contributed by atoms with Crippen molar-refractivity contribution in [1.82, 2.24) is 38.7 Å². The van der Waals surface area contributed by atoms with E-state index in [4.69, 9.17) is 20.9 Å². The van der Waals surface area contributed by atoms with E-state index in [1.165, 1.54) is 50.2 Å². The quantitative estimate of drug-likeness (QED) is 0.101. The minimum atomic E-state index is -4.53. The van der Waals surface area contributed by atoms with Gasteiger partial charge < -0.3 is 30.7 Å². The molecule has 2 atom stereocenters. The number of carbonyl (C=O) groups excluding carboxylic acids is 2. The van der Waals surface area contributed by atoms with E-state index in [0.717, 1.165) is 133 Å². The summed E-state index contributed by atoms with van der Waals surface area (Å²) in [6.07, 6.45) is -7.68. The lowest BCUT2D eigenvalue weighted by molar-refractivity contribution is -0.139. The van der Waals surface area contributed by atoms with E-state index in [1.54, 1.807) is 24.8 Å². The molecular weight excluding hydrogens is 1030 g/mol. The Balaban J connectivity index is 0.000000186. The van der Waals surface area contributed by atoms with E-state index in [0.29, 0.717) is 10.0 Å². The van der Waals surface area contributed by atoms with E-state index >= 15 is 0 Å². The summed E-state index contributed by atoms with van der Waals surface area (Å²) >= 11 is 2.23. The zero-order valence-corrected chi connectivity index (χ0v) is 43.7. The second-order valence-electron chi connectivity index (χ2n) is 19.0. The molecule has 2 amide bonds. The summed E-state index contributed by atoms with van der Waals surface area (Å²) in [6.45, 7) is 12.8. The van der Waals surface area contributed by atoms with Gasteiger partial charge in [-0.05, 0) is 75.5 Å². The number of thiophene rings is 2. The number of fused-ring (bicyclic) bond motifs is 2. The number of amides is 2. The van der Waals surface area contributed by atoms with E-state index < -0.39 is 47.5 Å². The lowest BCUT2D eigenvalue weighted by Gasteiger charge is -2.32. The van der Waals surface area contributed by atoms with Crippen LogP contribution in [0.1, 0.15) is 78.8 Å². The number of rotatable bonds is 14. The molecule has 4 aromatic carbocycles. The van der Waals surface area contributed by atoms with Gasteiger partial charge in [0.15, 0.2) is 0 Å². The van der Waals surface area contributed by atoms with Crippen LogP contribution in [0.2, 0.25) is 0 Å². The highest BCUT2D eigenvalue weighted by Crippen LogP contribution is 2.41. The number of piperazine rings is 2. The van der Waals surface area contributed by atoms with E-state index in [1.807, 2.05) is 21.3 Å². The van der Waals surface area contributed by atoms with E-state index in [2.05, 4.69) is 67.9 Å². The molecule has 8 aromatic rings. The summed E-state index contributed by atoms with van der Waals surface area (Å²) in [4.78, 5) is 43.2. The molecule has 0 radical (unpaired) electrons. The third-order valence-electron chi connectivity index (χ3n) is 13.5. The highest BCUT2D eigenvalue weighted by molar-refractivity contribution is 7.17. The average Bonchev–Trinajstić information content (AvgIpc) is 4.25. The van der Waals surface area contributed by atoms with Gasteiger partial charge >= 0.3 is 12.4 Å². The number of halogens is 6. The van der Waals surface area contributed by atoms with Crippen molar-refractivity contribution in [2.24, 2.45) is 11.5 Å². The molecule has 2 aliphatic heterocycles. The Bertz CT molecular complexity index is 3130. The molecule has 76 heavy (non-hydrogen) atoms. The predicted octanol–water partition coefficient (Wildman–Crippen LogP) is 10.2. The Morgan fingerprint density at radius 3 is 1.29 bits per heavy atom. The van der Waals surface area contributed by atoms with Crippen LogP contribution in [0.4, 0.5) is 26.3 Å². The van der Waals surface area contributed by atoms with Crippen LogP contribution in [0.15, 0.2) is 110 Å². The van der Waals surface area contributed by atoms with Gasteiger partial charge in [-0.15, -0.1) is 22.7 Å². The Kier molecular flexibility index (Phi) is 15.9. The van der Waals surface area contributed by atoms with Crippen molar-refractivity contribution in [3.63, 3.8) is 0 Å². The fourth-order valence-corrected chi connectivity index (χ4v) is 11.2. The summed E-state index contributed by atoms with van der Waals surface area (Å²) in [5, 5.41) is 1.26. The van der Waals surface area contributed by atoms with Crippen molar-refractivity contribution in [2.75, 3.05) is 66.5 Å². The van der Waals surface area contributed by atoms with Crippen molar-refractivity contribution in [1.29, 1.82) is 0 Å². The van der Waals surface area contributed by atoms with Crippen LogP contribution in [0.5, 0.6) is 11.5 Å². The first-order valence-electron chi connectivity index (χ1n) is 24.5. The van der Waals surface area contributed by atoms with Gasteiger partial charge in [-0.1, -0.05) is 48.5 Å². The molecule has 2 aliphatic rings. The summed E-state index contributed by atoms with van der Waals surface area (Å²) in [5.41, 5.74) is 15.2. The topological polar surface area (TPSA) is 153 Å². The minimum absolute atomic E-state index is 0.0233. The molecular formula is C54H56F6N10O4S2. The van der Waals surface area contributed by atoms with Gasteiger partial charge in [0.1, 0.15) is 56.1 Å². The number of imidazole rings is 2. The Morgan fingerprint density at radius 2 is 0.934 bits per heavy atom. The lowest BCUT2D eigenvalue weighted by Crippen LogP contribution is -2.43. The lowest BCUT2D eigenvalue weighted by atomic mass is 10.0. The van der Waals surface area contributed by atoms with E-state index in [-0.39, 0.29) is 32.4 Å². The van der Waals surface area contributed by atoms with Crippen LogP contribution >= 0.6 is 22.7 Å². The molecule has 4 N–H and O–H groups in total. The Morgan fingerprint density at radius 1 is 0.566 bits per heavy atom. The van der Waals surface area contributed by atoms with Crippen molar-refractivity contribution < 1.29 is 45.4 Å². The van der Waals surface area contributed by atoms with Gasteiger partial charge in [-0.25, -0.2) is 9.97 Å². The van der Waals surface area contributed by atoms with Crippen molar-refractivity contribution in [3.05, 3.63) is 153 Å². The number of primary amides is 2. The number of alkyl halides is 6. The van der Waals surface area contributed by atoms with Gasteiger partial charge in [0, 0.05) is 88.7 Å². The molecule has 400 valence electrons. The third-order valence-corrected chi connectivity index (χ3v) is 15.8. The first-order valence-corrected chi connectivity index (χ1v) is 26.1. The summed E-state index contributed by atoms with van der Waals surface area (Å²) in [7, 11) is 4.24. The normalized spacial score (nSPS) is 16.1. The molecule has 0 saturated carbocycles. The number of hydrogen-bond donors (Lipinski definition) is 2. The fraction of sp³-hybridized carbons (Fsp3) is 0.333. The standard InChI is InChI=1S/2C27H28F3N5O2S/c2*1-17(19-5-3-4-6-20(19)27(28,29)30)37-23-14-24(38-25(23)26(31)36)35-16-32-21-8-7-18(13-22(21)35)15-34-11-9-33(2)10-12-34/h2*3-8,13-14,16-17H,9-12,15H2,1-2H3,(H2,31,36)/t2*17-/m11/s1. The highest BCUT2D eigenvalue weighted by atomic mass is 32.1. The molecule has 0 bridgehead atoms. The number of hydrogen-bond acceptors (Lipinski definition) is 12. The first-order chi connectivity index (χ1) is 36.2. The van der Waals surface area contributed by atoms with Gasteiger partial charge in [-0.3, -0.25) is 28.5 Å². The van der Waals surface area contributed by atoms with Crippen LogP contribution in [0.25, 0.3) is 32.1 Å². The third kappa shape index (κ3) is 12.2. The van der Waals surface area contributed by atoms with Gasteiger partial charge in [0.2, 0.25) is 0 Å². The Hall–Kier alpha value is -6.82. The van der Waals surface area contributed by atoms with E-state index in [9.17, 15) is 35.9 Å². The summed E-state index contributed by atoms with van der Waals surface area (Å²) < 4.78 is 96.8. The van der Waals surface area contributed by atoms with Gasteiger partial charge in [0.25, 0.3) is 11.8 Å². The predicted molar refractivity (Wildman–Crippen MR) is 281 cm³/mol. The number of nitrogens with zero attached hydrogens (tertiary/aromatic N) is 8. The highest BCUT2D eigenvalue weighted by Gasteiger charge is 2.36. The number of ether oxygens (including phenoxy) is 2. The summed E-state index contributed by atoms with van der Waals surface area (Å²) in [5.74, 6) is -1.16. The second-order valence-corrected chi connectivity index (χ2v) is 21.1. The SMILES string of the molecule is C[C@@H](Oc1cc(-n2cnc3ccc(CN4CCN(C)CC4)cc32)sc1C(N)=O)c1ccccc1C(F)(F)F.C[C@@H](Oc1cc(-n2cnc3ccc(CN4CCN(C)CC4)cc32)sc1C(N)=O)c1ccccc1C(F)(F)F. The van der Waals surface area contributed by atoms with Gasteiger partial charge in [-0.2, -0.15) is 26.3 Å². The zero-order chi connectivity index (χ0) is 54.1. The van der Waals surface area contributed by atoms with Crippen LogP contribution < -0.4 is 20.9 Å². The maximum absolute atomic E-state index is 13.5. The number of nitrogens with two attached hydrogens (primary N) is 2. The van der Waals surface area contributed by atoms with Gasteiger partial charge in [0.05, 0.1) is 33.2 Å². The molecule has 2 fully saturated rings. The largest absolute Gasteiger partial charge is 0.484 e. The molecule has 2 saturated heterocycles. The van der Waals surface area contributed by atoms with Crippen molar-refractivity contribution >= 4 is 56.6 Å². The number of likely N-dealkylation sites (N-methyl/N-ethyl adjacent to an activating group) is 2. The molecule has 6 heterocycles. The molecule has 0 unspecified atom stereocenters. The first kappa shape index (κ1) is 54.0. The molecule has 4 aromatic heterocycles. The monoisotopic (exact) mass is 1090 g/mol. The van der Waals surface area contributed by atoms with Crippen LogP contribution in [0.3, 0.4) is 0 Å². The maximum Gasteiger partial charge on any atom is 0.416 e. The molecule has 0 spiro atoms. The van der Waals surface area contributed by atoms with Crippen LogP contribution in [-0.2, 0) is 25.4 Å². The smallest absolute Gasteiger partial charge is 0.416 e. The molecule has 22 heteroatoms. The second kappa shape index (κ2) is 22.4. The van der Waals surface area contributed by atoms with Crippen molar-refractivity contribution in [3.8, 4) is 21.5 Å².